The second-order valence-corrected chi connectivity index (χ2v) is 3.13. The second-order valence-electron chi connectivity index (χ2n) is 2.72. The first-order chi connectivity index (χ1) is 6.25. The van der Waals surface area contributed by atoms with Crippen molar-refractivity contribution in [3.63, 3.8) is 0 Å². The number of rotatable bonds is 2. The minimum absolute atomic E-state index is 0.436. The van der Waals surface area contributed by atoms with E-state index in [1.54, 1.807) is 0 Å². The van der Waals surface area contributed by atoms with Gasteiger partial charge in [-0.15, -0.1) is 0 Å². The normalized spacial score (nSPS) is 10.2. The summed E-state index contributed by atoms with van der Waals surface area (Å²) in [5, 5.41) is 9.10. The fraction of sp³-hybridized carbons (Fsp3) is 0.182. The number of allylic oxidation sites excluding steroid dienone is 1. The molecule has 1 rings (SSSR count). The van der Waals surface area contributed by atoms with Gasteiger partial charge >= 0.3 is 0 Å². The molecule has 0 atom stereocenters. The van der Waals surface area contributed by atoms with Gasteiger partial charge in [0.25, 0.3) is 0 Å². The van der Waals surface area contributed by atoms with Crippen molar-refractivity contribution in [1.29, 1.82) is 5.26 Å². The second kappa shape index (κ2) is 4.69. The van der Waals surface area contributed by atoms with Crippen molar-refractivity contribution in [2.45, 2.75) is 13.3 Å². The zero-order valence-corrected chi connectivity index (χ0v) is 8.17. The van der Waals surface area contributed by atoms with Crippen LogP contribution in [0.3, 0.4) is 0 Å². The maximum atomic E-state index is 8.34. The number of benzene rings is 1. The molecule has 1 aromatic rings. The number of hydrogen-bond acceptors (Lipinski definition) is 1. The molecular formula is C11H10ClN. The molecular weight excluding hydrogens is 182 g/mol. The third kappa shape index (κ3) is 2.61. The smallest absolute Gasteiger partial charge is 0.0663 e. The topological polar surface area (TPSA) is 23.8 Å². The van der Waals surface area contributed by atoms with Gasteiger partial charge in [-0.05, 0) is 24.1 Å². The van der Waals surface area contributed by atoms with Crippen LogP contribution in [0.25, 0.3) is 6.08 Å². The van der Waals surface area contributed by atoms with Crippen molar-refractivity contribution in [1.82, 2.24) is 0 Å². The minimum atomic E-state index is 0.436. The lowest BCUT2D eigenvalue weighted by Gasteiger charge is -2.01. The van der Waals surface area contributed by atoms with E-state index in [-0.39, 0.29) is 0 Å². The zero-order chi connectivity index (χ0) is 9.68. The van der Waals surface area contributed by atoms with Crippen LogP contribution < -0.4 is 0 Å². The third-order valence-corrected chi connectivity index (χ3v) is 2.23. The lowest BCUT2D eigenvalue weighted by molar-refractivity contribution is 1.36. The predicted octanol–water partition coefficient (Wildman–Crippen LogP) is 3.58. The van der Waals surface area contributed by atoms with Gasteiger partial charge in [0.2, 0.25) is 0 Å². The Kier molecular flexibility index (Phi) is 3.54. The Hall–Kier alpha value is -1.26. The third-order valence-electron chi connectivity index (χ3n) is 1.82. The Morgan fingerprint density at radius 3 is 3.00 bits per heavy atom. The molecule has 2 heteroatoms. The predicted molar refractivity (Wildman–Crippen MR) is 55.5 cm³/mol. The van der Waals surface area contributed by atoms with Gasteiger partial charge in [0.1, 0.15) is 0 Å². The molecule has 0 aliphatic carbocycles. The van der Waals surface area contributed by atoms with Crippen LogP contribution in [-0.4, -0.2) is 0 Å². The van der Waals surface area contributed by atoms with Crippen molar-refractivity contribution in [3.8, 4) is 6.07 Å². The molecule has 0 radical (unpaired) electrons. The molecule has 0 unspecified atom stereocenters. The summed E-state index contributed by atoms with van der Waals surface area (Å²) in [6.45, 7) is 1.97. The highest BCUT2D eigenvalue weighted by atomic mass is 35.5. The SMILES string of the molecule is Cc1c(Cl)cccc1C=CCC#N. The van der Waals surface area contributed by atoms with Gasteiger partial charge in [-0.2, -0.15) is 5.26 Å². The zero-order valence-electron chi connectivity index (χ0n) is 7.42. The quantitative estimate of drug-likeness (QED) is 0.701. The first kappa shape index (κ1) is 9.83. The summed E-state index contributed by atoms with van der Waals surface area (Å²) < 4.78 is 0. The van der Waals surface area contributed by atoms with Crippen molar-refractivity contribution in [3.05, 3.63) is 40.4 Å². The molecule has 1 nitrogen and oxygen atoms in total. The van der Waals surface area contributed by atoms with E-state index in [0.29, 0.717) is 6.42 Å². The van der Waals surface area contributed by atoms with Gasteiger partial charge in [-0.3, -0.25) is 0 Å². The van der Waals surface area contributed by atoms with Crippen molar-refractivity contribution in [2.24, 2.45) is 0 Å². The number of nitrogens with zero attached hydrogens (tertiary/aromatic N) is 1. The van der Waals surface area contributed by atoms with Crippen LogP contribution in [-0.2, 0) is 0 Å². The van der Waals surface area contributed by atoms with Crippen LogP contribution in [0.5, 0.6) is 0 Å². The van der Waals surface area contributed by atoms with Gasteiger partial charge in [-0.1, -0.05) is 35.9 Å². The van der Waals surface area contributed by atoms with E-state index in [4.69, 9.17) is 16.9 Å². The first-order valence-electron chi connectivity index (χ1n) is 4.04. The van der Waals surface area contributed by atoms with E-state index < -0.39 is 0 Å². The minimum Gasteiger partial charge on any atom is -0.198 e. The van der Waals surface area contributed by atoms with Crippen molar-refractivity contribution >= 4 is 17.7 Å². The van der Waals surface area contributed by atoms with Crippen LogP contribution >= 0.6 is 11.6 Å². The van der Waals surface area contributed by atoms with Gasteiger partial charge in [0.15, 0.2) is 0 Å². The Labute approximate surface area is 83.3 Å². The summed E-state index contributed by atoms with van der Waals surface area (Å²) >= 11 is 5.93. The number of hydrogen-bond donors (Lipinski definition) is 0. The summed E-state index contributed by atoms with van der Waals surface area (Å²) in [6.07, 6.45) is 4.19. The molecule has 0 fully saturated rings. The monoisotopic (exact) mass is 191 g/mol. The highest BCUT2D eigenvalue weighted by Gasteiger charge is 1.97. The van der Waals surface area contributed by atoms with Gasteiger partial charge in [-0.25, -0.2) is 0 Å². The van der Waals surface area contributed by atoms with E-state index in [9.17, 15) is 0 Å². The Bertz CT molecular complexity index is 361. The standard InChI is InChI=1S/C11H10ClN/c1-9-10(5-2-3-8-13)6-4-7-11(9)12/h2,4-7H,3H2,1H3. The van der Waals surface area contributed by atoms with Gasteiger partial charge in [0, 0.05) is 5.02 Å². The summed E-state index contributed by atoms with van der Waals surface area (Å²) in [6, 6.07) is 7.80. The molecule has 0 saturated heterocycles. The van der Waals surface area contributed by atoms with Crippen LogP contribution in [0.4, 0.5) is 0 Å². The molecule has 0 bridgehead atoms. The molecule has 66 valence electrons. The van der Waals surface area contributed by atoms with Crippen molar-refractivity contribution < 1.29 is 0 Å². The summed E-state index contributed by atoms with van der Waals surface area (Å²) in [4.78, 5) is 0. The summed E-state index contributed by atoms with van der Waals surface area (Å²) in [5.41, 5.74) is 2.13. The fourth-order valence-corrected chi connectivity index (χ4v) is 1.23. The highest BCUT2D eigenvalue weighted by Crippen LogP contribution is 2.19. The molecule has 0 aliphatic rings. The van der Waals surface area contributed by atoms with E-state index in [1.807, 2.05) is 37.3 Å². The largest absolute Gasteiger partial charge is 0.198 e. The summed E-state index contributed by atoms with van der Waals surface area (Å²) in [5.74, 6) is 0. The number of nitriles is 1. The molecule has 0 spiro atoms. The number of halogens is 1. The molecule has 0 aliphatic heterocycles. The van der Waals surface area contributed by atoms with E-state index >= 15 is 0 Å². The maximum absolute atomic E-state index is 8.34. The molecule has 13 heavy (non-hydrogen) atoms. The van der Waals surface area contributed by atoms with E-state index in [0.717, 1.165) is 16.1 Å². The van der Waals surface area contributed by atoms with Crippen LogP contribution in [0.1, 0.15) is 17.5 Å². The average molecular weight is 192 g/mol. The Morgan fingerprint density at radius 2 is 2.31 bits per heavy atom. The Balaban J connectivity index is 2.90. The van der Waals surface area contributed by atoms with Gasteiger partial charge < -0.3 is 0 Å². The molecule has 0 amide bonds. The molecule has 0 aromatic heterocycles. The van der Waals surface area contributed by atoms with E-state index in [2.05, 4.69) is 6.07 Å². The van der Waals surface area contributed by atoms with Gasteiger partial charge in [0.05, 0.1) is 12.5 Å². The molecule has 0 N–H and O–H groups in total. The first-order valence-corrected chi connectivity index (χ1v) is 4.42. The van der Waals surface area contributed by atoms with Crippen LogP contribution in [0.15, 0.2) is 24.3 Å². The molecule has 0 saturated carbocycles. The van der Waals surface area contributed by atoms with Crippen molar-refractivity contribution in [2.75, 3.05) is 0 Å². The molecule has 1 aromatic carbocycles. The van der Waals surface area contributed by atoms with Crippen LogP contribution in [0.2, 0.25) is 5.02 Å². The van der Waals surface area contributed by atoms with E-state index in [1.165, 1.54) is 0 Å². The fourth-order valence-electron chi connectivity index (χ4n) is 1.04. The van der Waals surface area contributed by atoms with Crippen LogP contribution in [0, 0.1) is 18.3 Å². The molecule has 0 heterocycles. The highest BCUT2D eigenvalue weighted by molar-refractivity contribution is 6.31. The summed E-state index contributed by atoms with van der Waals surface area (Å²) in [7, 11) is 0. The average Bonchev–Trinajstić information content (AvgIpc) is 2.13. The maximum Gasteiger partial charge on any atom is 0.0663 e. The lowest BCUT2D eigenvalue weighted by Crippen LogP contribution is -1.80. The lowest BCUT2D eigenvalue weighted by atomic mass is 10.1. The Morgan fingerprint density at radius 1 is 1.54 bits per heavy atom.